The molecule has 0 bridgehead atoms. The lowest BCUT2D eigenvalue weighted by Crippen LogP contribution is -2.29. The van der Waals surface area contributed by atoms with Crippen molar-refractivity contribution >= 4 is 40.1 Å². The van der Waals surface area contributed by atoms with Crippen molar-refractivity contribution in [2.24, 2.45) is 10.9 Å². The van der Waals surface area contributed by atoms with Crippen LogP contribution in [-0.4, -0.2) is 30.4 Å². The summed E-state index contributed by atoms with van der Waals surface area (Å²) in [5, 5.41) is 0.483. The molecule has 1 aromatic heterocycles. The normalized spacial score (nSPS) is 16.7. The first kappa shape index (κ1) is 15.6. The molecular weight excluding hydrogens is 290 g/mol. The van der Waals surface area contributed by atoms with Crippen LogP contribution in [0.25, 0.3) is 0 Å². The predicted molar refractivity (Wildman–Crippen MR) is 80.5 cm³/mol. The van der Waals surface area contributed by atoms with Crippen LogP contribution in [0.15, 0.2) is 11.1 Å². The number of ketones is 2. The zero-order valence-corrected chi connectivity index (χ0v) is 12.9. The van der Waals surface area contributed by atoms with Crippen molar-refractivity contribution in [1.82, 2.24) is 0 Å². The number of nitrogens with zero attached hydrogens (tertiary/aromatic N) is 1. The highest BCUT2D eigenvalue weighted by Crippen LogP contribution is 2.31. The van der Waals surface area contributed by atoms with Gasteiger partial charge in [-0.2, -0.15) is 0 Å². The van der Waals surface area contributed by atoms with Gasteiger partial charge in [0, 0.05) is 23.9 Å². The highest BCUT2D eigenvalue weighted by atomic mass is 32.1. The van der Waals surface area contributed by atoms with Crippen LogP contribution in [0.3, 0.4) is 0 Å². The Kier molecular flexibility index (Phi) is 5.01. The summed E-state index contributed by atoms with van der Waals surface area (Å²) >= 11 is 1.34. The van der Waals surface area contributed by atoms with Crippen molar-refractivity contribution in [3.05, 3.63) is 16.5 Å². The summed E-state index contributed by atoms with van der Waals surface area (Å²) in [7, 11) is 0. The molecule has 0 aliphatic heterocycles. The molecule has 0 spiro atoms. The van der Waals surface area contributed by atoms with Gasteiger partial charge in [0.1, 0.15) is 22.5 Å². The number of carbonyl (C=O) groups is 3. The molecule has 0 aromatic carbocycles. The van der Waals surface area contributed by atoms with Gasteiger partial charge in [-0.15, -0.1) is 11.3 Å². The highest BCUT2D eigenvalue weighted by molar-refractivity contribution is 7.16. The van der Waals surface area contributed by atoms with Crippen LogP contribution in [-0.2, 0) is 14.3 Å². The summed E-state index contributed by atoms with van der Waals surface area (Å²) in [4.78, 5) is 40.5. The maximum absolute atomic E-state index is 11.8. The second kappa shape index (κ2) is 6.76. The Labute approximate surface area is 127 Å². The lowest BCUT2D eigenvalue weighted by atomic mass is 9.88. The molecule has 1 aliphatic rings. The molecular formula is C15H17NO4S. The molecule has 1 saturated carbocycles. The van der Waals surface area contributed by atoms with Crippen LogP contribution in [0.4, 0.5) is 5.00 Å². The molecule has 5 nitrogen and oxygen atoms in total. The van der Waals surface area contributed by atoms with E-state index in [0.29, 0.717) is 29.8 Å². The second-order valence-corrected chi connectivity index (χ2v) is 6.07. The monoisotopic (exact) mass is 307 g/mol. The number of esters is 1. The van der Waals surface area contributed by atoms with Gasteiger partial charge < -0.3 is 4.74 Å². The average Bonchev–Trinajstić information content (AvgIpc) is 2.80. The lowest BCUT2D eigenvalue weighted by Gasteiger charge is -2.14. The Morgan fingerprint density at radius 3 is 2.71 bits per heavy atom. The number of ether oxygens (including phenoxy) is 1. The molecule has 2 rings (SSSR count). The minimum absolute atomic E-state index is 0.0963. The van der Waals surface area contributed by atoms with Crippen LogP contribution in [0.1, 0.15) is 41.4 Å². The van der Waals surface area contributed by atoms with Gasteiger partial charge >= 0.3 is 5.97 Å². The molecule has 0 amide bonds. The van der Waals surface area contributed by atoms with Crippen molar-refractivity contribution in [2.45, 2.75) is 33.1 Å². The van der Waals surface area contributed by atoms with Crippen LogP contribution in [0.5, 0.6) is 0 Å². The summed E-state index contributed by atoms with van der Waals surface area (Å²) in [6, 6.07) is 1.71. The number of Topliss-reactive ketones (excluding diaryl/α,β-unsaturated/α-hetero) is 2. The van der Waals surface area contributed by atoms with Gasteiger partial charge in [-0.05, 0) is 26.3 Å². The fourth-order valence-corrected chi connectivity index (χ4v) is 3.04. The molecule has 0 radical (unpaired) electrons. The number of hydrogen-bond acceptors (Lipinski definition) is 6. The number of aryl methyl sites for hydroxylation is 1. The van der Waals surface area contributed by atoms with Crippen LogP contribution < -0.4 is 0 Å². The van der Waals surface area contributed by atoms with Crippen molar-refractivity contribution in [2.75, 3.05) is 6.61 Å². The highest BCUT2D eigenvalue weighted by Gasteiger charge is 2.28. The van der Waals surface area contributed by atoms with Gasteiger partial charge in [0.05, 0.1) is 12.2 Å². The van der Waals surface area contributed by atoms with E-state index in [1.54, 1.807) is 13.0 Å². The summed E-state index contributed by atoms with van der Waals surface area (Å²) in [5.74, 6) is -1.39. The minimum Gasteiger partial charge on any atom is -0.462 e. The smallest absolute Gasteiger partial charge is 0.341 e. The molecule has 6 heteroatoms. The molecule has 0 saturated heterocycles. The third kappa shape index (κ3) is 3.64. The van der Waals surface area contributed by atoms with Crippen molar-refractivity contribution in [3.8, 4) is 0 Å². The molecule has 1 aliphatic carbocycles. The van der Waals surface area contributed by atoms with Crippen LogP contribution >= 0.6 is 11.3 Å². The number of rotatable bonds is 4. The van der Waals surface area contributed by atoms with E-state index in [-0.39, 0.29) is 18.2 Å². The first-order valence-corrected chi connectivity index (χ1v) is 7.71. The van der Waals surface area contributed by atoms with E-state index in [2.05, 4.69) is 4.99 Å². The van der Waals surface area contributed by atoms with Gasteiger partial charge in [0.15, 0.2) is 0 Å². The Morgan fingerprint density at radius 1 is 1.43 bits per heavy atom. The largest absolute Gasteiger partial charge is 0.462 e. The van der Waals surface area contributed by atoms with E-state index in [0.717, 1.165) is 4.88 Å². The molecule has 1 fully saturated rings. The van der Waals surface area contributed by atoms with E-state index < -0.39 is 11.9 Å². The molecule has 1 aromatic rings. The zero-order valence-electron chi connectivity index (χ0n) is 12.0. The Hall–Kier alpha value is -1.82. The van der Waals surface area contributed by atoms with Gasteiger partial charge in [-0.1, -0.05) is 0 Å². The standard InChI is InChI=1S/C15H17NO4S/c1-3-20-15(19)10-7-9(2)21-14(10)16-8-11-12(17)5-4-6-13(11)18/h7-8,11H,3-6H2,1-2H3/b16-8+. The van der Waals surface area contributed by atoms with E-state index in [1.165, 1.54) is 17.6 Å². The number of carbonyl (C=O) groups excluding carboxylic acids is 3. The maximum atomic E-state index is 11.8. The molecule has 1 heterocycles. The first-order chi connectivity index (χ1) is 10.0. The van der Waals surface area contributed by atoms with Crippen molar-refractivity contribution in [3.63, 3.8) is 0 Å². The SMILES string of the molecule is CCOC(=O)c1cc(C)sc1/N=C/C1C(=O)CCCC1=O. The van der Waals surface area contributed by atoms with Crippen molar-refractivity contribution < 1.29 is 19.1 Å². The number of aliphatic imine (C=N–C) groups is 1. The average molecular weight is 307 g/mol. The predicted octanol–water partition coefficient (Wildman–Crippen LogP) is 2.87. The first-order valence-electron chi connectivity index (χ1n) is 6.90. The van der Waals surface area contributed by atoms with Gasteiger partial charge in [-0.25, -0.2) is 9.79 Å². The quantitative estimate of drug-likeness (QED) is 0.487. The zero-order chi connectivity index (χ0) is 15.4. The number of thiophene rings is 1. The molecule has 0 unspecified atom stereocenters. The minimum atomic E-state index is -0.767. The third-order valence-electron chi connectivity index (χ3n) is 3.21. The summed E-state index contributed by atoms with van der Waals surface area (Å²) in [6.07, 6.45) is 2.82. The number of hydrogen-bond donors (Lipinski definition) is 0. The fourth-order valence-electron chi connectivity index (χ4n) is 2.19. The Bertz CT molecular complexity index is 587. The molecule has 21 heavy (non-hydrogen) atoms. The van der Waals surface area contributed by atoms with E-state index in [1.807, 2.05) is 6.92 Å². The Morgan fingerprint density at radius 2 is 2.10 bits per heavy atom. The Balaban J connectivity index is 2.22. The summed E-state index contributed by atoms with van der Waals surface area (Å²) in [6.45, 7) is 3.89. The summed E-state index contributed by atoms with van der Waals surface area (Å²) < 4.78 is 4.98. The third-order valence-corrected chi connectivity index (χ3v) is 4.17. The van der Waals surface area contributed by atoms with Crippen LogP contribution in [0, 0.1) is 12.8 Å². The summed E-state index contributed by atoms with van der Waals surface area (Å²) in [5.41, 5.74) is 0.381. The second-order valence-electron chi connectivity index (χ2n) is 4.84. The van der Waals surface area contributed by atoms with E-state index in [9.17, 15) is 14.4 Å². The fraction of sp³-hybridized carbons (Fsp3) is 0.467. The van der Waals surface area contributed by atoms with Gasteiger partial charge in [-0.3, -0.25) is 9.59 Å². The van der Waals surface area contributed by atoms with Gasteiger partial charge in [0.2, 0.25) is 0 Å². The van der Waals surface area contributed by atoms with E-state index in [4.69, 9.17) is 4.74 Å². The van der Waals surface area contributed by atoms with E-state index >= 15 is 0 Å². The van der Waals surface area contributed by atoms with Crippen LogP contribution in [0.2, 0.25) is 0 Å². The molecule has 0 atom stereocenters. The van der Waals surface area contributed by atoms with Crippen molar-refractivity contribution in [1.29, 1.82) is 0 Å². The topological polar surface area (TPSA) is 72.8 Å². The molecule has 112 valence electrons. The van der Waals surface area contributed by atoms with Gasteiger partial charge in [0.25, 0.3) is 0 Å². The lowest BCUT2D eigenvalue weighted by molar-refractivity contribution is -0.132. The molecule has 0 N–H and O–H groups in total. The maximum Gasteiger partial charge on any atom is 0.341 e.